The number of halogens is 1. The van der Waals surface area contributed by atoms with Crippen LogP contribution in [0.1, 0.15) is 49.8 Å². The maximum atomic E-state index is 5.90. The van der Waals surface area contributed by atoms with Gasteiger partial charge >= 0.3 is 0 Å². The minimum Gasteiger partial charge on any atom is -0.326 e. The molecule has 0 aliphatic heterocycles. The van der Waals surface area contributed by atoms with Gasteiger partial charge in [-0.3, -0.25) is 0 Å². The van der Waals surface area contributed by atoms with Gasteiger partial charge in [-0.25, -0.2) is 0 Å². The van der Waals surface area contributed by atoms with Crippen LogP contribution in [0.5, 0.6) is 0 Å². The lowest BCUT2D eigenvalue weighted by atomic mass is 9.84. The summed E-state index contributed by atoms with van der Waals surface area (Å²) in [5.74, 6) is 0. The SMILES string of the molecule is CCCN(CCC)C1CCc2cccc(CN)c2C1.Cl. The van der Waals surface area contributed by atoms with Crippen LogP contribution in [0.4, 0.5) is 0 Å². The predicted molar refractivity (Wildman–Crippen MR) is 89.5 cm³/mol. The second-order valence-electron chi connectivity index (χ2n) is 5.69. The van der Waals surface area contributed by atoms with E-state index in [0.29, 0.717) is 6.54 Å². The molecule has 1 aliphatic carbocycles. The summed E-state index contributed by atoms with van der Waals surface area (Å²) >= 11 is 0. The first-order valence-corrected chi connectivity index (χ1v) is 7.83. The highest BCUT2D eigenvalue weighted by molar-refractivity contribution is 5.85. The van der Waals surface area contributed by atoms with E-state index in [4.69, 9.17) is 5.73 Å². The summed E-state index contributed by atoms with van der Waals surface area (Å²) in [5.41, 5.74) is 10.3. The highest BCUT2D eigenvalue weighted by Crippen LogP contribution is 2.27. The van der Waals surface area contributed by atoms with Gasteiger partial charge in [-0.05, 0) is 61.9 Å². The molecule has 2 rings (SSSR count). The van der Waals surface area contributed by atoms with Gasteiger partial charge in [-0.2, -0.15) is 0 Å². The molecule has 1 unspecified atom stereocenters. The van der Waals surface area contributed by atoms with Crippen molar-refractivity contribution in [3.8, 4) is 0 Å². The molecule has 1 aliphatic rings. The number of fused-ring (bicyclic) bond motifs is 1. The van der Waals surface area contributed by atoms with Gasteiger partial charge in [-0.1, -0.05) is 32.0 Å². The molecule has 0 heterocycles. The van der Waals surface area contributed by atoms with Crippen molar-refractivity contribution < 1.29 is 0 Å². The Labute approximate surface area is 130 Å². The number of hydrogen-bond donors (Lipinski definition) is 1. The van der Waals surface area contributed by atoms with Crippen molar-refractivity contribution in [3.05, 3.63) is 34.9 Å². The molecule has 0 bridgehead atoms. The molecule has 0 amide bonds. The Kier molecular flexibility index (Phi) is 7.57. The van der Waals surface area contributed by atoms with Gasteiger partial charge in [0.2, 0.25) is 0 Å². The summed E-state index contributed by atoms with van der Waals surface area (Å²) in [6, 6.07) is 7.37. The maximum absolute atomic E-state index is 5.90. The minimum atomic E-state index is 0. The number of nitrogens with two attached hydrogens (primary N) is 1. The number of nitrogens with zero attached hydrogens (tertiary/aromatic N) is 1. The molecule has 0 spiro atoms. The molecule has 1 atom stereocenters. The third-order valence-electron chi connectivity index (χ3n) is 4.31. The third kappa shape index (κ3) is 3.97. The fourth-order valence-electron chi connectivity index (χ4n) is 3.40. The van der Waals surface area contributed by atoms with Crippen molar-refractivity contribution in [2.75, 3.05) is 13.1 Å². The Morgan fingerprint density at radius 3 is 2.50 bits per heavy atom. The van der Waals surface area contributed by atoms with Crippen LogP contribution < -0.4 is 5.73 Å². The van der Waals surface area contributed by atoms with Crippen molar-refractivity contribution in [1.29, 1.82) is 0 Å². The summed E-state index contributed by atoms with van der Waals surface area (Å²) in [6.45, 7) is 7.71. The van der Waals surface area contributed by atoms with Gasteiger partial charge < -0.3 is 10.6 Å². The topological polar surface area (TPSA) is 29.3 Å². The van der Waals surface area contributed by atoms with Crippen molar-refractivity contribution in [2.24, 2.45) is 5.73 Å². The first-order valence-electron chi connectivity index (χ1n) is 7.83. The highest BCUT2D eigenvalue weighted by atomic mass is 35.5. The Hall–Kier alpha value is -0.570. The van der Waals surface area contributed by atoms with E-state index < -0.39 is 0 Å². The van der Waals surface area contributed by atoms with Gasteiger partial charge in [-0.15, -0.1) is 12.4 Å². The maximum Gasteiger partial charge on any atom is 0.0180 e. The Morgan fingerprint density at radius 1 is 1.20 bits per heavy atom. The average molecular weight is 297 g/mol. The fourth-order valence-corrected chi connectivity index (χ4v) is 3.40. The minimum absolute atomic E-state index is 0. The van der Waals surface area contributed by atoms with Gasteiger partial charge in [0.15, 0.2) is 0 Å². The van der Waals surface area contributed by atoms with Crippen LogP contribution in [-0.4, -0.2) is 24.0 Å². The number of rotatable bonds is 6. The molecule has 1 aromatic carbocycles. The lowest BCUT2D eigenvalue weighted by Crippen LogP contribution is -2.40. The molecule has 0 saturated heterocycles. The van der Waals surface area contributed by atoms with E-state index in [1.807, 2.05) is 0 Å². The van der Waals surface area contributed by atoms with Gasteiger partial charge in [0, 0.05) is 12.6 Å². The van der Waals surface area contributed by atoms with E-state index in [0.717, 1.165) is 6.04 Å². The monoisotopic (exact) mass is 296 g/mol. The fraction of sp³-hybridized carbons (Fsp3) is 0.647. The molecular weight excluding hydrogens is 268 g/mol. The zero-order valence-electron chi connectivity index (χ0n) is 12.9. The van der Waals surface area contributed by atoms with E-state index in [9.17, 15) is 0 Å². The zero-order chi connectivity index (χ0) is 13.7. The van der Waals surface area contributed by atoms with Crippen LogP contribution in [0, 0.1) is 0 Å². The molecule has 2 nitrogen and oxygen atoms in total. The average Bonchev–Trinajstić information content (AvgIpc) is 2.46. The van der Waals surface area contributed by atoms with Crippen LogP contribution in [0.3, 0.4) is 0 Å². The van der Waals surface area contributed by atoms with Gasteiger partial charge in [0.05, 0.1) is 0 Å². The first-order chi connectivity index (χ1) is 9.30. The molecule has 0 radical (unpaired) electrons. The molecule has 0 fully saturated rings. The molecule has 20 heavy (non-hydrogen) atoms. The number of hydrogen-bond acceptors (Lipinski definition) is 2. The number of benzene rings is 1. The van der Waals surface area contributed by atoms with Gasteiger partial charge in [0.1, 0.15) is 0 Å². The summed E-state index contributed by atoms with van der Waals surface area (Å²) < 4.78 is 0. The van der Waals surface area contributed by atoms with E-state index in [-0.39, 0.29) is 12.4 Å². The molecule has 0 aromatic heterocycles. The molecule has 1 aromatic rings. The normalized spacial score (nSPS) is 17.7. The predicted octanol–water partition coefficient (Wildman–Crippen LogP) is 3.55. The summed E-state index contributed by atoms with van der Waals surface area (Å²) in [6.07, 6.45) is 6.23. The lowest BCUT2D eigenvalue weighted by molar-refractivity contribution is 0.179. The van der Waals surface area contributed by atoms with Crippen molar-refractivity contribution in [3.63, 3.8) is 0 Å². The lowest BCUT2D eigenvalue weighted by Gasteiger charge is -2.35. The van der Waals surface area contributed by atoms with E-state index in [1.54, 1.807) is 5.56 Å². The summed E-state index contributed by atoms with van der Waals surface area (Å²) in [4.78, 5) is 2.69. The standard InChI is InChI=1S/C17H28N2.ClH/c1-3-10-19(11-4-2)16-9-8-14-6-5-7-15(13-18)17(14)12-16;/h5-7,16H,3-4,8-13,18H2,1-2H3;1H. The Bertz CT molecular complexity index is 386. The van der Waals surface area contributed by atoms with E-state index in [2.05, 4.69) is 36.9 Å². The molecule has 2 N–H and O–H groups in total. The Balaban J connectivity index is 0.00000200. The smallest absolute Gasteiger partial charge is 0.0180 e. The quantitative estimate of drug-likeness (QED) is 0.870. The van der Waals surface area contributed by atoms with Gasteiger partial charge in [0.25, 0.3) is 0 Å². The van der Waals surface area contributed by atoms with E-state index >= 15 is 0 Å². The van der Waals surface area contributed by atoms with Crippen LogP contribution >= 0.6 is 12.4 Å². The van der Waals surface area contributed by atoms with Crippen molar-refractivity contribution >= 4 is 12.4 Å². The third-order valence-corrected chi connectivity index (χ3v) is 4.31. The van der Waals surface area contributed by atoms with E-state index in [1.165, 1.54) is 56.3 Å². The summed E-state index contributed by atoms with van der Waals surface area (Å²) in [5, 5.41) is 0. The molecule has 3 heteroatoms. The molecular formula is C17H29ClN2. The number of aryl methyl sites for hydroxylation is 1. The van der Waals surface area contributed by atoms with Crippen LogP contribution in [0.25, 0.3) is 0 Å². The zero-order valence-corrected chi connectivity index (χ0v) is 13.7. The van der Waals surface area contributed by atoms with Crippen LogP contribution in [0.2, 0.25) is 0 Å². The van der Waals surface area contributed by atoms with Crippen LogP contribution in [0.15, 0.2) is 18.2 Å². The summed E-state index contributed by atoms with van der Waals surface area (Å²) in [7, 11) is 0. The van der Waals surface area contributed by atoms with Crippen LogP contribution in [-0.2, 0) is 19.4 Å². The highest BCUT2D eigenvalue weighted by Gasteiger charge is 2.24. The molecule has 114 valence electrons. The Morgan fingerprint density at radius 2 is 1.90 bits per heavy atom. The molecule has 0 saturated carbocycles. The van der Waals surface area contributed by atoms with Crippen molar-refractivity contribution in [1.82, 2.24) is 4.90 Å². The first kappa shape index (κ1) is 17.5. The second-order valence-corrected chi connectivity index (χ2v) is 5.69. The second kappa shape index (κ2) is 8.66. The van der Waals surface area contributed by atoms with Crippen molar-refractivity contribution in [2.45, 2.75) is 58.5 Å². The largest absolute Gasteiger partial charge is 0.326 e.